The summed E-state index contributed by atoms with van der Waals surface area (Å²) in [6, 6.07) is 14.4. The molecule has 0 bridgehead atoms. The van der Waals surface area contributed by atoms with Gasteiger partial charge in [-0.1, -0.05) is 35.9 Å². The fourth-order valence-electron chi connectivity index (χ4n) is 3.14. The van der Waals surface area contributed by atoms with Crippen molar-refractivity contribution in [2.75, 3.05) is 13.2 Å². The van der Waals surface area contributed by atoms with Gasteiger partial charge in [0.05, 0.1) is 13.2 Å². The van der Waals surface area contributed by atoms with Crippen molar-refractivity contribution >= 4 is 10.9 Å². The quantitative estimate of drug-likeness (QED) is 0.572. The lowest BCUT2D eigenvalue weighted by Crippen LogP contribution is -2.07. The molecule has 0 aliphatic heterocycles. The van der Waals surface area contributed by atoms with Gasteiger partial charge in [0, 0.05) is 17.5 Å². The van der Waals surface area contributed by atoms with Crippen molar-refractivity contribution in [1.29, 1.82) is 0 Å². The van der Waals surface area contributed by atoms with Gasteiger partial charge in [0.15, 0.2) is 0 Å². The van der Waals surface area contributed by atoms with E-state index in [1.807, 2.05) is 25.1 Å². The van der Waals surface area contributed by atoms with Crippen LogP contribution in [0.2, 0.25) is 0 Å². The summed E-state index contributed by atoms with van der Waals surface area (Å²) in [4.78, 5) is 4.60. The fraction of sp³-hybridized carbons (Fsp3) is 0.318. The standard InChI is InChI=1S/C22H25NO2/c1-15-13-16(2)22(17(3)14-15)25-12-6-11-24-20-8-5-7-19-10-9-18(4)23-21(19)20/h5,7-10,13-14H,6,11-12H2,1-4H3. The highest BCUT2D eigenvalue weighted by atomic mass is 16.5. The normalized spacial score (nSPS) is 10.9. The minimum atomic E-state index is 0.610. The second kappa shape index (κ2) is 7.56. The number of hydrogen-bond donors (Lipinski definition) is 0. The van der Waals surface area contributed by atoms with Crippen LogP contribution in [0.1, 0.15) is 28.8 Å². The second-order valence-electron chi connectivity index (χ2n) is 6.56. The Kier molecular flexibility index (Phi) is 5.22. The van der Waals surface area contributed by atoms with Crippen molar-refractivity contribution in [3.05, 3.63) is 64.8 Å². The van der Waals surface area contributed by atoms with Gasteiger partial charge in [-0.05, 0) is 51.0 Å². The molecular formula is C22H25NO2. The summed E-state index contributed by atoms with van der Waals surface area (Å²) in [5.41, 5.74) is 5.56. The number of aryl methyl sites for hydroxylation is 4. The van der Waals surface area contributed by atoms with Crippen LogP contribution in [-0.4, -0.2) is 18.2 Å². The van der Waals surface area contributed by atoms with Crippen LogP contribution in [0.5, 0.6) is 11.5 Å². The lowest BCUT2D eigenvalue weighted by molar-refractivity contribution is 0.247. The Morgan fingerprint density at radius 1 is 0.840 bits per heavy atom. The van der Waals surface area contributed by atoms with E-state index < -0.39 is 0 Å². The minimum absolute atomic E-state index is 0.610. The predicted octanol–water partition coefficient (Wildman–Crippen LogP) is 5.32. The monoisotopic (exact) mass is 335 g/mol. The summed E-state index contributed by atoms with van der Waals surface area (Å²) in [5, 5.41) is 1.10. The van der Waals surface area contributed by atoms with Gasteiger partial charge >= 0.3 is 0 Å². The Labute approximate surface area is 149 Å². The van der Waals surface area contributed by atoms with E-state index in [0.29, 0.717) is 13.2 Å². The third-order valence-corrected chi connectivity index (χ3v) is 4.22. The van der Waals surface area contributed by atoms with Gasteiger partial charge in [0.25, 0.3) is 0 Å². The van der Waals surface area contributed by atoms with Crippen molar-refractivity contribution in [3.8, 4) is 11.5 Å². The first kappa shape index (κ1) is 17.3. The summed E-state index contributed by atoms with van der Waals surface area (Å²) < 4.78 is 11.9. The average molecular weight is 335 g/mol. The first-order chi connectivity index (χ1) is 12.0. The maximum Gasteiger partial charge on any atom is 0.145 e. The van der Waals surface area contributed by atoms with Crippen LogP contribution in [0.3, 0.4) is 0 Å². The molecule has 0 fully saturated rings. The Morgan fingerprint density at radius 2 is 1.56 bits per heavy atom. The number of para-hydroxylation sites is 1. The van der Waals surface area contributed by atoms with Crippen molar-refractivity contribution in [2.24, 2.45) is 0 Å². The number of nitrogens with zero attached hydrogens (tertiary/aromatic N) is 1. The molecular weight excluding hydrogens is 310 g/mol. The van der Waals surface area contributed by atoms with E-state index >= 15 is 0 Å². The van der Waals surface area contributed by atoms with Gasteiger partial charge in [-0.2, -0.15) is 0 Å². The van der Waals surface area contributed by atoms with Crippen molar-refractivity contribution in [3.63, 3.8) is 0 Å². The maximum absolute atomic E-state index is 5.97. The van der Waals surface area contributed by atoms with Crippen LogP contribution in [0.4, 0.5) is 0 Å². The van der Waals surface area contributed by atoms with E-state index in [0.717, 1.165) is 34.5 Å². The number of pyridine rings is 1. The molecule has 0 aliphatic rings. The van der Waals surface area contributed by atoms with Gasteiger partial charge in [0.1, 0.15) is 17.0 Å². The maximum atomic E-state index is 5.97. The smallest absolute Gasteiger partial charge is 0.145 e. The summed E-state index contributed by atoms with van der Waals surface area (Å²) >= 11 is 0. The first-order valence-corrected chi connectivity index (χ1v) is 8.74. The van der Waals surface area contributed by atoms with Gasteiger partial charge < -0.3 is 9.47 Å². The van der Waals surface area contributed by atoms with Crippen LogP contribution in [-0.2, 0) is 0 Å². The first-order valence-electron chi connectivity index (χ1n) is 8.74. The Balaban J connectivity index is 1.57. The molecule has 3 rings (SSSR count). The van der Waals surface area contributed by atoms with E-state index in [1.165, 1.54) is 16.7 Å². The topological polar surface area (TPSA) is 31.4 Å². The molecule has 3 aromatic rings. The average Bonchev–Trinajstić information content (AvgIpc) is 2.56. The predicted molar refractivity (Wildman–Crippen MR) is 103 cm³/mol. The van der Waals surface area contributed by atoms with Crippen LogP contribution in [0.15, 0.2) is 42.5 Å². The molecule has 1 aromatic heterocycles. The van der Waals surface area contributed by atoms with Gasteiger partial charge in [-0.3, -0.25) is 0 Å². The van der Waals surface area contributed by atoms with Gasteiger partial charge in [-0.15, -0.1) is 0 Å². The van der Waals surface area contributed by atoms with E-state index in [1.54, 1.807) is 0 Å². The minimum Gasteiger partial charge on any atom is -0.493 e. The van der Waals surface area contributed by atoms with Crippen molar-refractivity contribution in [2.45, 2.75) is 34.1 Å². The Hall–Kier alpha value is -2.55. The summed E-state index contributed by atoms with van der Waals surface area (Å²) in [6.45, 7) is 9.54. The molecule has 1 heterocycles. The highest BCUT2D eigenvalue weighted by Crippen LogP contribution is 2.25. The SMILES string of the molecule is Cc1cc(C)c(OCCCOc2cccc3ccc(C)nc23)c(C)c1. The van der Waals surface area contributed by atoms with Crippen LogP contribution >= 0.6 is 0 Å². The lowest BCUT2D eigenvalue weighted by atomic mass is 10.1. The molecule has 0 unspecified atom stereocenters. The van der Waals surface area contributed by atoms with Crippen LogP contribution in [0.25, 0.3) is 10.9 Å². The molecule has 0 N–H and O–H groups in total. The third-order valence-electron chi connectivity index (χ3n) is 4.22. The number of fused-ring (bicyclic) bond motifs is 1. The number of rotatable bonds is 6. The van der Waals surface area contributed by atoms with Crippen molar-refractivity contribution < 1.29 is 9.47 Å². The number of benzene rings is 2. The highest BCUT2D eigenvalue weighted by molar-refractivity contribution is 5.84. The largest absolute Gasteiger partial charge is 0.493 e. The van der Waals surface area contributed by atoms with Crippen molar-refractivity contribution in [1.82, 2.24) is 4.98 Å². The molecule has 3 heteroatoms. The molecule has 0 spiro atoms. The molecule has 130 valence electrons. The van der Waals surface area contributed by atoms with E-state index in [4.69, 9.17) is 9.47 Å². The molecule has 0 atom stereocenters. The molecule has 0 aliphatic carbocycles. The fourth-order valence-corrected chi connectivity index (χ4v) is 3.14. The Bertz CT molecular complexity index is 863. The molecule has 2 aromatic carbocycles. The molecule has 0 saturated heterocycles. The summed E-state index contributed by atoms with van der Waals surface area (Å²) in [7, 11) is 0. The molecule has 3 nitrogen and oxygen atoms in total. The van der Waals surface area contributed by atoms with Crippen LogP contribution in [0, 0.1) is 27.7 Å². The molecule has 0 saturated carbocycles. The van der Waals surface area contributed by atoms with Gasteiger partial charge in [-0.25, -0.2) is 4.98 Å². The molecule has 25 heavy (non-hydrogen) atoms. The number of hydrogen-bond acceptors (Lipinski definition) is 3. The lowest BCUT2D eigenvalue weighted by Gasteiger charge is -2.14. The zero-order valence-corrected chi connectivity index (χ0v) is 15.4. The second-order valence-corrected chi connectivity index (χ2v) is 6.56. The van der Waals surface area contributed by atoms with E-state index in [9.17, 15) is 0 Å². The van der Waals surface area contributed by atoms with E-state index in [2.05, 4.69) is 50.0 Å². The van der Waals surface area contributed by atoms with E-state index in [-0.39, 0.29) is 0 Å². The third kappa shape index (κ3) is 4.11. The Morgan fingerprint density at radius 3 is 2.32 bits per heavy atom. The zero-order valence-electron chi connectivity index (χ0n) is 15.4. The molecule has 0 radical (unpaired) electrons. The van der Waals surface area contributed by atoms with Gasteiger partial charge in [0.2, 0.25) is 0 Å². The highest BCUT2D eigenvalue weighted by Gasteiger charge is 2.06. The summed E-state index contributed by atoms with van der Waals surface area (Å²) in [6.07, 6.45) is 0.828. The zero-order chi connectivity index (χ0) is 17.8. The number of aromatic nitrogens is 1. The summed E-state index contributed by atoms with van der Waals surface area (Å²) in [5.74, 6) is 1.83. The molecule has 0 amide bonds. The number of ether oxygens (including phenoxy) is 2. The van der Waals surface area contributed by atoms with Crippen LogP contribution < -0.4 is 9.47 Å².